The van der Waals surface area contributed by atoms with Gasteiger partial charge >= 0.3 is 6.03 Å². The third-order valence-electron chi connectivity index (χ3n) is 5.90. The van der Waals surface area contributed by atoms with Crippen LogP contribution in [0.25, 0.3) is 5.69 Å². The van der Waals surface area contributed by atoms with Gasteiger partial charge in [-0.15, -0.1) is 0 Å². The molecule has 1 aromatic heterocycles. The number of para-hydroxylation sites is 1. The van der Waals surface area contributed by atoms with Crippen molar-refractivity contribution in [3.63, 3.8) is 0 Å². The van der Waals surface area contributed by atoms with Crippen molar-refractivity contribution in [2.24, 2.45) is 0 Å². The predicted octanol–water partition coefficient (Wildman–Crippen LogP) is 5.60. The van der Waals surface area contributed by atoms with E-state index in [9.17, 15) is 4.79 Å². The fourth-order valence-electron chi connectivity index (χ4n) is 4.31. The van der Waals surface area contributed by atoms with E-state index in [1.807, 2.05) is 35.2 Å². The van der Waals surface area contributed by atoms with Gasteiger partial charge in [0.1, 0.15) is 0 Å². The molecule has 1 N–H and O–H groups in total. The van der Waals surface area contributed by atoms with Crippen molar-refractivity contribution in [2.45, 2.75) is 26.1 Å². The number of benzene rings is 3. The Morgan fingerprint density at radius 1 is 0.903 bits per heavy atom. The van der Waals surface area contributed by atoms with E-state index in [4.69, 9.17) is 0 Å². The molecule has 0 radical (unpaired) electrons. The average molecular weight is 408 g/mol. The smallest absolute Gasteiger partial charge is 0.318 e. The molecular formula is C27H25N3O. The van der Waals surface area contributed by atoms with Crippen LogP contribution in [0.4, 0.5) is 4.79 Å². The minimum absolute atomic E-state index is 0.0705. The van der Waals surface area contributed by atoms with Gasteiger partial charge in [0.05, 0.1) is 18.3 Å². The number of hydrogen-bond donors (Lipinski definition) is 1. The van der Waals surface area contributed by atoms with Crippen molar-refractivity contribution in [2.75, 3.05) is 0 Å². The van der Waals surface area contributed by atoms with Gasteiger partial charge < -0.3 is 14.8 Å². The van der Waals surface area contributed by atoms with Crippen molar-refractivity contribution in [1.29, 1.82) is 0 Å². The Morgan fingerprint density at radius 2 is 1.65 bits per heavy atom. The maximum atomic E-state index is 13.5. The maximum absolute atomic E-state index is 13.5. The number of carbonyl (C=O) groups excluding carboxylic acids is 1. The highest BCUT2D eigenvalue weighted by atomic mass is 16.2. The van der Waals surface area contributed by atoms with Crippen LogP contribution in [0.1, 0.15) is 34.0 Å². The molecule has 0 saturated heterocycles. The van der Waals surface area contributed by atoms with Crippen LogP contribution in [0.5, 0.6) is 0 Å². The summed E-state index contributed by atoms with van der Waals surface area (Å²) >= 11 is 0. The molecule has 4 nitrogen and oxygen atoms in total. The molecule has 5 rings (SSSR count). The lowest BCUT2D eigenvalue weighted by Gasteiger charge is -2.31. The molecule has 3 aromatic carbocycles. The zero-order valence-corrected chi connectivity index (χ0v) is 17.5. The van der Waals surface area contributed by atoms with E-state index in [0.29, 0.717) is 13.1 Å². The van der Waals surface area contributed by atoms with Gasteiger partial charge in [0.15, 0.2) is 0 Å². The first-order valence-electron chi connectivity index (χ1n) is 10.6. The zero-order valence-electron chi connectivity index (χ0n) is 17.5. The largest absolute Gasteiger partial charge is 0.334 e. The summed E-state index contributed by atoms with van der Waals surface area (Å²) in [5, 5.41) is 3.15. The van der Waals surface area contributed by atoms with Crippen LogP contribution in [-0.2, 0) is 13.1 Å². The van der Waals surface area contributed by atoms with E-state index in [-0.39, 0.29) is 12.1 Å². The number of amides is 2. The molecule has 4 heteroatoms. The lowest BCUT2D eigenvalue weighted by molar-refractivity contribution is 0.180. The molecule has 2 amide bonds. The summed E-state index contributed by atoms with van der Waals surface area (Å²) in [7, 11) is 0. The lowest BCUT2D eigenvalue weighted by Crippen LogP contribution is -2.41. The van der Waals surface area contributed by atoms with Crippen LogP contribution in [0.15, 0.2) is 97.2 Å². The van der Waals surface area contributed by atoms with Crippen LogP contribution >= 0.6 is 0 Å². The summed E-state index contributed by atoms with van der Waals surface area (Å²) in [5.74, 6) is 0. The van der Waals surface area contributed by atoms with E-state index in [1.165, 1.54) is 5.56 Å². The average Bonchev–Trinajstić information content (AvgIpc) is 3.23. The van der Waals surface area contributed by atoms with Gasteiger partial charge in [0, 0.05) is 18.4 Å². The van der Waals surface area contributed by atoms with Crippen molar-refractivity contribution < 1.29 is 4.79 Å². The molecule has 0 bridgehead atoms. The number of carbonyl (C=O) groups is 1. The van der Waals surface area contributed by atoms with Crippen LogP contribution in [-0.4, -0.2) is 15.5 Å². The number of nitrogens with zero attached hydrogens (tertiary/aromatic N) is 2. The maximum Gasteiger partial charge on any atom is 0.318 e. The molecule has 1 aliphatic heterocycles. The molecule has 0 unspecified atom stereocenters. The SMILES string of the molecule is Cc1ccc(CNC(=O)N2Cc3ccccc3-n3cccc3[C@@H]2c2ccccc2)cc1. The highest BCUT2D eigenvalue weighted by Crippen LogP contribution is 2.36. The van der Waals surface area contributed by atoms with Crippen LogP contribution in [0.2, 0.25) is 0 Å². The molecule has 0 aliphatic carbocycles. The second-order valence-electron chi connectivity index (χ2n) is 8.02. The van der Waals surface area contributed by atoms with Gasteiger partial charge in [-0.2, -0.15) is 0 Å². The van der Waals surface area contributed by atoms with Crippen molar-refractivity contribution >= 4 is 6.03 Å². The van der Waals surface area contributed by atoms with Crippen LogP contribution < -0.4 is 5.32 Å². The second kappa shape index (κ2) is 8.15. The quantitative estimate of drug-likeness (QED) is 0.472. The number of aromatic nitrogens is 1. The molecule has 2 heterocycles. The Kier molecular flexibility index (Phi) is 5.04. The normalized spacial score (nSPS) is 15.0. The Morgan fingerprint density at radius 3 is 2.45 bits per heavy atom. The molecule has 0 saturated carbocycles. The first-order valence-corrected chi connectivity index (χ1v) is 10.6. The van der Waals surface area contributed by atoms with Crippen molar-refractivity contribution in [1.82, 2.24) is 14.8 Å². The lowest BCUT2D eigenvalue weighted by atomic mass is 10.0. The van der Waals surface area contributed by atoms with E-state index >= 15 is 0 Å². The Balaban J connectivity index is 1.53. The highest BCUT2D eigenvalue weighted by molar-refractivity contribution is 5.76. The van der Waals surface area contributed by atoms with E-state index < -0.39 is 0 Å². The summed E-state index contributed by atoms with van der Waals surface area (Å²) in [6, 6.07) is 30.8. The zero-order chi connectivity index (χ0) is 21.2. The third-order valence-corrected chi connectivity index (χ3v) is 5.90. The van der Waals surface area contributed by atoms with Gasteiger partial charge in [-0.1, -0.05) is 78.4 Å². The molecular weight excluding hydrogens is 382 g/mol. The van der Waals surface area contributed by atoms with Gasteiger partial charge in [-0.3, -0.25) is 0 Å². The Hall–Kier alpha value is -3.79. The van der Waals surface area contributed by atoms with Crippen LogP contribution in [0, 0.1) is 6.92 Å². The van der Waals surface area contributed by atoms with Gasteiger partial charge in [0.25, 0.3) is 0 Å². The molecule has 4 aromatic rings. The highest BCUT2D eigenvalue weighted by Gasteiger charge is 2.32. The standard InChI is InChI=1S/C27H25N3O/c1-20-13-15-21(16-14-20)18-28-27(31)30-19-23-10-5-6-11-24(23)29-17-7-12-25(29)26(30)22-8-3-2-4-9-22/h2-17,26H,18-19H2,1H3,(H,28,31)/t26-/m0/s1. The summed E-state index contributed by atoms with van der Waals surface area (Å²) < 4.78 is 2.21. The monoisotopic (exact) mass is 407 g/mol. The minimum atomic E-state index is -0.179. The van der Waals surface area contributed by atoms with Gasteiger partial charge in [-0.25, -0.2) is 4.79 Å². The Labute approximate surface area is 182 Å². The number of fused-ring (bicyclic) bond motifs is 3. The molecule has 154 valence electrons. The molecule has 0 spiro atoms. The molecule has 0 fully saturated rings. The second-order valence-corrected chi connectivity index (χ2v) is 8.02. The van der Waals surface area contributed by atoms with Gasteiger partial charge in [0.2, 0.25) is 0 Å². The van der Waals surface area contributed by atoms with E-state index in [0.717, 1.165) is 28.1 Å². The van der Waals surface area contributed by atoms with Crippen molar-refractivity contribution in [3.05, 3.63) is 125 Å². The molecule has 31 heavy (non-hydrogen) atoms. The summed E-state index contributed by atoms with van der Waals surface area (Å²) in [4.78, 5) is 15.5. The number of rotatable bonds is 3. The molecule has 1 aliphatic rings. The summed E-state index contributed by atoms with van der Waals surface area (Å²) in [6.45, 7) is 3.10. The van der Waals surface area contributed by atoms with Crippen LogP contribution in [0.3, 0.4) is 0 Å². The molecule has 1 atom stereocenters. The third kappa shape index (κ3) is 3.73. The number of aryl methyl sites for hydroxylation is 1. The topological polar surface area (TPSA) is 37.3 Å². The summed E-state index contributed by atoms with van der Waals surface area (Å²) in [6.07, 6.45) is 2.08. The number of hydrogen-bond acceptors (Lipinski definition) is 1. The first-order chi connectivity index (χ1) is 15.2. The minimum Gasteiger partial charge on any atom is -0.334 e. The number of nitrogens with one attached hydrogen (secondary N) is 1. The fourth-order valence-corrected chi connectivity index (χ4v) is 4.31. The van der Waals surface area contributed by atoms with E-state index in [1.54, 1.807) is 0 Å². The van der Waals surface area contributed by atoms with Crippen molar-refractivity contribution in [3.8, 4) is 5.69 Å². The first kappa shape index (κ1) is 19.2. The fraction of sp³-hybridized carbons (Fsp3) is 0.148. The number of urea groups is 1. The summed E-state index contributed by atoms with van der Waals surface area (Å²) in [5.41, 5.74) is 6.74. The van der Waals surface area contributed by atoms with E-state index in [2.05, 4.69) is 83.7 Å². The Bertz CT molecular complexity index is 1190. The predicted molar refractivity (Wildman–Crippen MR) is 123 cm³/mol. The van der Waals surface area contributed by atoms with Gasteiger partial charge in [-0.05, 0) is 41.8 Å².